The number of rotatable bonds is 4. The molecule has 1 atom stereocenters. The number of primary amides is 1. The molecule has 4 saturated carbocycles. The smallest absolute Gasteiger partial charge is 0.405 e. The van der Waals surface area contributed by atoms with E-state index in [1.54, 1.807) is 0 Å². The Balaban J connectivity index is 1.76. The summed E-state index contributed by atoms with van der Waals surface area (Å²) >= 11 is 0. The Morgan fingerprint density at radius 2 is 1.68 bits per heavy atom. The second-order valence-corrected chi connectivity index (χ2v) is 7.82. The van der Waals surface area contributed by atoms with E-state index in [0.29, 0.717) is 5.41 Å². The van der Waals surface area contributed by atoms with Crippen molar-refractivity contribution in [2.45, 2.75) is 70.8 Å². The van der Waals surface area contributed by atoms with Gasteiger partial charge in [0.25, 0.3) is 0 Å². The average molecular weight is 265 g/mol. The van der Waals surface area contributed by atoms with Crippen molar-refractivity contribution in [2.75, 3.05) is 0 Å². The summed E-state index contributed by atoms with van der Waals surface area (Å²) in [5, 5.41) is 0. The topological polar surface area (TPSA) is 52.3 Å². The van der Waals surface area contributed by atoms with Crippen LogP contribution in [-0.4, -0.2) is 11.7 Å². The standard InChI is InChI=1S/C16H27NO2/c1-3-15(2,19-14(17)18)10-16-7-11-4-12(8-16)6-13(5-11)9-16/h11-13H,3-10H2,1-2H3,(H2,17,18). The molecule has 0 aromatic carbocycles. The van der Waals surface area contributed by atoms with E-state index in [-0.39, 0.29) is 5.60 Å². The summed E-state index contributed by atoms with van der Waals surface area (Å²) in [6, 6.07) is 0. The van der Waals surface area contributed by atoms with Crippen molar-refractivity contribution in [3.05, 3.63) is 0 Å². The second-order valence-electron chi connectivity index (χ2n) is 7.82. The zero-order valence-corrected chi connectivity index (χ0v) is 12.3. The summed E-state index contributed by atoms with van der Waals surface area (Å²) in [4.78, 5) is 11.2. The predicted molar refractivity (Wildman–Crippen MR) is 74.6 cm³/mol. The normalized spacial score (nSPS) is 42.9. The number of amides is 1. The molecule has 4 bridgehead atoms. The maximum atomic E-state index is 11.2. The largest absolute Gasteiger partial charge is 0.443 e. The molecule has 3 heteroatoms. The molecule has 0 aromatic heterocycles. The Morgan fingerprint density at radius 3 is 2.05 bits per heavy atom. The van der Waals surface area contributed by atoms with Gasteiger partial charge >= 0.3 is 6.09 Å². The molecule has 1 unspecified atom stereocenters. The number of carbonyl (C=O) groups is 1. The summed E-state index contributed by atoms with van der Waals surface area (Å²) in [5.41, 5.74) is 5.34. The van der Waals surface area contributed by atoms with Crippen molar-refractivity contribution in [3.8, 4) is 0 Å². The molecule has 0 heterocycles. The first-order valence-electron chi connectivity index (χ1n) is 7.90. The molecule has 108 valence electrons. The molecule has 4 fully saturated rings. The molecule has 4 aliphatic rings. The highest BCUT2D eigenvalue weighted by Gasteiger charge is 2.53. The van der Waals surface area contributed by atoms with Gasteiger partial charge < -0.3 is 10.5 Å². The van der Waals surface area contributed by atoms with Gasteiger partial charge in [-0.2, -0.15) is 0 Å². The van der Waals surface area contributed by atoms with Crippen molar-refractivity contribution < 1.29 is 9.53 Å². The molecule has 0 spiro atoms. The molecule has 0 aliphatic heterocycles. The van der Waals surface area contributed by atoms with Crippen LogP contribution < -0.4 is 5.73 Å². The van der Waals surface area contributed by atoms with E-state index < -0.39 is 6.09 Å². The lowest BCUT2D eigenvalue weighted by molar-refractivity contribution is -0.100. The van der Waals surface area contributed by atoms with Gasteiger partial charge in [-0.3, -0.25) is 0 Å². The lowest BCUT2D eigenvalue weighted by Crippen LogP contribution is -2.50. The van der Waals surface area contributed by atoms with E-state index >= 15 is 0 Å². The summed E-state index contributed by atoms with van der Waals surface area (Å²) < 4.78 is 5.46. The van der Waals surface area contributed by atoms with Crippen LogP contribution in [0.1, 0.15) is 65.2 Å². The van der Waals surface area contributed by atoms with Gasteiger partial charge in [-0.15, -0.1) is 0 Å². The van der Waals surface area contributed by atoms with Gasteiger partial charge in [0.05, 0.1) is 0 Å². The fourth-order valence-corrected chi connectivity index (χ4v) is 5.78. The third kappa shape index (κ3) is 2.48. The highest BCUT2D eigenvalue weighted by Crippen LogP contribution is 2.62. The lowest BCUT2D eigenvalue weighted by Gasteiger charge is -2.58. The first-order valence-corrected chi connectivity index (χ1v) is 7.90. The minimum absolute atomic E-state index is 0.364. The summed E-state index contributed by atoms with van der Waals surface area (Å²) in [6.45, 7) is 4.17. The summed E-state index contributed by atoms with van der Waals surface area (Å²) in [7, 11) is 0. The Kier molecular flexibility index (Phi) is 3.06. The molecule has 2 N–H and O–H groups in total. The van der Waals surface area contributed by atoms with E-state index in [0.717, 1.165) is 30.6 Å². The van der Waals surface area contributed by atoms with Crippen LogP contribution in [0.4, 0.5) is 4.79 Å². The fourth-order valence-electron chi connectivity index (χ4n) is 5.78. The predicted octanol–water partition coefficient (Wildman–Crippen LogP) is 3.86. The number of nitrogens with two attached hydrogens (primary N) is 1. The van der Waals surface area contributed by atoms with E-state index in [1.807, 2.05) is 0 Å². The van der Waals surface area contributed by atoms with Crippen LogP contribution in [0.3, 0.4) is 0 Å². The number of hydrogen-bond acceptors (Lipinski definition) is 2. The van der Waals surface area contributed by atoms with Crippen molar-refractivity contribution in [1.29, 1.82) is 0 Å². The Hall–Kier alpha value is -0.730. The number of ether oxygens (including phenoxy) is 1. The van der Waals surface area contributed by atoms with Crippen LogP contribution in [-0.2, 0) is 4.74 Å². The lowest BCUT2D eigenvalue weighted by atomic mass is 9.48. The SMILES string of the molecule is CCC(C)(CC12CC3CC(CC(C3)C1)C2)OC(N)=O. The third-order valence-corrected chi connectivity index (χ3v) is 6.01. The first-order chi connectivity index (χ1) is 8.92. The zero-order valence-electron chi connectivity index (χ0n) is 12.3. The molecule has 0 radical (unpaired) electrons. The number of hydrogen-bond donors (Lipinski definition) is 1. The van der Waals surface area contributed by atoms with Gasteiger partial charge in [0.2, 0.25) is 0 Å². The zero-order chi connectivity index (χ0) is 13.7. The number of carbonyl (C=O) groups excluding carboxylic acids is 1. The molecule has 0 saturated heterocycles. The van der Waals surface area contributed by atoms with E-state index in [2.05, 4.69) is 13.8 Å². The third-order valence-electron chi connectivity index (χ3n) is 6.01. The second kappa shape index (κ2) is 4.39. The van der Waals surface area contributed by atoms with Crippen LogP contribution in [0.5, 0.6) is 0 Å². The van der Waals surface area contributed by atoms with Crippen LogP contribution in [0.15, 0.2) is 0 Å². The van der Waals surface area contributed by atoms with Gasteiger partial charge in [-0.05, 0) is 81.5 Å². The molecule has 4 aliphatic carbocycles. The Morgan fingerprint density at radius 1 is 1.21 bits per heavy atom. The summed E-state index contributed by atoms with van der Waals surface area (Å²) in [6.07, 6.45) is 9.70. The molecular weight excluding hydrogens is 238 g/mol. The van der Waals surface area contributed by atoms with Gasteiger partial charge in [-0.1, -0.05) is 6.92 Å². The van der Waals surface area contributed by atoms with Crippen molar-refractivity contribution in [1.82, 2.24) is 0 Å². The van der Waals surface area contributed by atoms with Crippen LogP contribution in [0.2, 0.25) is 0 Å². The van der Waals surface area contributed by atoms with Crippen LogP contribution in [0, 0.1) is 23.2 Å². The van der Waals surface area contributed by atoms with E-state index in [9.17, 15) is 4.79 Å². The van der Waals surface area contributed by atoms with Gasteiger partial charge in [0.15, 0.2) is 0 Å². The van der Waals surface area contributed by atoms with Crippen molar-refractivity contribution in [2.24, 2.45) is 28.9 Å². The Labute approximate surface area is 116 Å². The van der Waals surface area contributed by atoms with Crippen LogP contribution >= 0.6 is 0 Å². The quantitative estimate of drug-likeness (QED) is 0.839. The fraction of sp³-hybridized carbons (Fsp3) is 0.938. The molecule has 3 nitrogen and oxygen atoms in total. The Bertz CT molecular complexity index is 344. The first kappa shape index (κ1) is 13.3. The van der Waals surface area contributed by atoms with Crippen molar-refractivity contribution >= 4 is 6.09 Å². The molecule has 19 heavy (non-hydrogen) atoms. The maximum absolute atomic E-state index is 11.2. The van der Waals surface area contributed by atoms with E-state index in [1.165, 1.54) is 38.5 Å². The molecule has 4 rings (SSSR count). The van der Waals surface area contributed by atoms with Crippen molar-refractivity contribution in [3.63, 3.8) is 0 Å². The van der Waals surface area contributed by atoms with Gasteiger partial charge in [-0.25, -0.2) is 4.79 Å². The maximum Gasteiger partial charge on any atom is 0.405 e. The highest BCUT2D eigenvalue weighted by molar-refractivity contribution is 5.65. The minimum Gasteiger partial charge on any atom is -0.443 e. The van der Waals surface area contributed by atoms with Gasteiger partial charge in [0, 0.05) is 0 Å². The minimum atomic E-state index is -0.617. The molecule has 0 aromatic rings. The van der Waals surface area contributed by atoms with Crippen LogP contribution in [0.25, 0.3) is 0 Å². The highest BCUT2D eigenvalue weighted by atomic mass is 16.6. The van der Waals surface area contributed by atoms with E-state index in [4.69, 9.17) is 10.5 Å². The summed E-state index contributed by atoms with van der Waals surface area (Å²) in [5.74, 6) is 2.84. The average Bonchev–Trinajstić information content (AvgIpc) is 2.24. The molecular formula is C16H27NO2. The van der Waals surface area contributed by atoms with Gasteiger partial charge in [0.1, 0.15) is 5.60 Å². The molecule has 1 amide bonds. The monoisotopic (exact) mass is 265 g/mol.